The Labute approximate surface area is 108 Å². The SMILES string of the molecule is CC(C(=O)N(C)C(C)(C)C(=O)O)C1CCOCC1. The minimum absolute atomic E-state index is 0.102. The van der Waals surface area contributed by atoms with E-state index in [-0.39, 0.29) is 11.8 Å². The Hall–Kier alpha value is -1.10. The van der Waals surface area contributed by atoms with Crippen molar-refractivity contribution in [3.63, 3.8) is 0 Å². The van der Waals surface area contributed by atoms with Crippen molar-refractivity contribution in [2.24, 2.45) is 11.8 Å². The first-order chi connectivity index (χ1) is 8.28. The highest BCUT2D eigenvalue weighted by Gasteiger charge is 2.38. The topological polar surface area (TPSA) is 66.8 Å². The Bertz CT molecular complexity index is 321. The van der Waals surface area contributed by atoms with Crippen molar-refractivity contribution in [2.45, 2.75) is 39.2 Å². The molecule has 1 amide bonds. The molecule has 18 heavy (non-hydrogen) atoms. The van der Waals surface area contributed by atoms with E-state index in [0.29, 0.717) is 19.1 Å². The molecule has 1 aliphatic heterocycles. The van der Waals surface area contributed by atoms with Gasteiger partial charge in [0.15, 0.2) is 0 Å². The molecule has 0 aromatic rings. The standard InChI is InChI=1S/C13H23NO4/c1-9(10-5-7-18-8-6-10)11(15)14(4)13(2,3)12(16)17/h9-10H,5-8H2,1-4H3,(H,16,17). The quantitative estimate of drug-likeness (QED) is 0.826. The second kappa shape index (κ2) is 5.69. The highest BCUT2D eigenvalue weighted by atomic mass is 16.5. The lowest BCUT2D eigenvalue weighted by molar-refractivity contribution is -0.158. The molecule has 0 aromatic heterocycles. The van der Waals surface area contributed by atoms with Gasteiger partial charge < -0.3 is 14.7 Å². The molecule has 104 valence electrons. The Morgan fingerprint density at radius 1 is 1.33 bits per heavy atom. The second-order valence-corrected chi connectivity index (χ2v) is 5.50. The van der Waals surface area contributed by atoms with Gasteiger partial charge in [0.2, 0.25) is 5.91 Å². The fourth-order valence-corrected chi connectivity index (χ4v) is 2.14. The van der Waals surface area contributed by atoms with Crippen LogP contribution in [0.5, 0.6) is 0 Å². The van der Waals surface area contributed by atoms with Gasteiger partial charge in [-0.1, -0.05) is 6.92 Å². The van der Waals surface area contributed by atoms with Crippen molar-refractivity contribution in [1.82, 2.24) is 4.90 Å². The fourth-order valence-electron chi connectivity index (χ4n) is 2.14. The number of carbonyl (C=O) groups is 2. The van der Waals surface area contributed by atoms with Gasteiger partial charge in [0.1, 0.15) is 5.54 Å². The maximum atomic E-state index is 12.3. The molecule has 1 fully saturated rings. The van der Waals surface area contributed by atoms with E-state index in [0.717, 1.165) is 12.8 Å². The number of carboxylic acid groups (broad SMARTS) is 1. The number of hydrogen-bond acceptors (Lipinski definition) is 3. The lowest BCUT2D eigenvalue weighted by atomic mass is 9.85. The summed E-state index contributed by atoms with van der Waals surface area (Å²) in [7, 11) is 1.56. The molecule has 1 heterocycles. The summed E-state index contributed by atoms with van der Waals surface area (Å²) in [4.78, 5) is 24.8. The Kier molecular flexibility index (Phi) is 4.73. The van der Waals surface area contributed by atoms with Crippen LogP contribution < -0.4 is 0 Å². The zero-order valence-electron chi connectivity index (χ0n) is 11.6. The molecule has 1 atom stereocenters. The van der Waals surface area contributed by atoms with Gasteiger partial charge in [-0.2, -0.15) is 0 Å². The largest absolute Gasteiger partial charge is 0.480 e. The molecule has 0 saturated carbocycles. The predicted molar refractivity (Wildman–Crippen MR) is 67.2 cm³/mol. The normalized spacial score (nSPS) is 19.3. The van der Waals surface area contributed by atoms with E-state index in [2.05, 4.69) is 0 Å². The minimum Gasteiger partial charge on any atom is -0.480 e. The minimum atomic E-state index is -1.17. The van der Waals surface area contributed by atoms with Crippen LogP contribution in [-0.4, -0.2) is 47.7 Å². The Morgan fingerprint density at radius 3 is 2.28 bits per heavy atom. The highest BCUT2D eigenvalue weighted by molar-refractivity contribution is 5.87. The molecule has 1 unspecified atom stereocenters. The van der Waals surface area contributed by atoms with Crippen LogP contribution in [0.25, 0.3) is 0 Å². The van der Waals surface area contributed by atoms with Gasteiger partial charge in [0.25, 0.3) is 0 Å². The summed E-state index contributed by atoms with van der Waals surface area (Å²) in [6.45, 7) is 6.35. The zero-order valence-corrected chi connectivity index (χ0v) is 11.6. The van der Waals surface area contributed by atoms with Gasteiger partial charge >= 0.3 is 5.97 Å². The van der Waals surface area contributed by atoms with Crippen LogP contribution in [0.2, 0.25) is 0 Å². The van der Waals surface area contributed by atoms with Crippen molar-refractivity contribution in [3.8, 4) is 0 Å². The van der Waals surface area contributed by atoms with Crippen molar-refractivity contribution >= 4 is 11.9 Å². The van der Waals surface area contributed by atoms with Gasteiger partial charge in [-0.25, -0.2) is 4.79 Å². The summed E-state index contributed by atoms with van der Waals surface area (Å²) in [6.07, 6.45) is 1.74. The summed E-state index contributed by atoms with van der Waals surface area (Å²) >= 11 is 0. The lowest BCUT2D eigenvalue weighted by Gasteiger charge is -2.36. The third-order valence-corrected chi connectivity index (χ3v) is 4.06. The maximum absolute atomic E-state index is 12.3. The Morgan fingerprint density at radius 2 is 1.83 bits per heavy atom. The van der Waals surface area contributed by atoms with Crippen molar-refractivity contribution < 1.29 is 19.4 Å². The van der Waals surface area contributed by atoms with Crippen molar-refractivity contribution in [3.05, 3.63) is 0 Å². The van der Waals surface area contributed by atoms with Gasteiger partial charge in [0, 0.05) is 26.2 Å². The molecule has 1 saturated heterocycles. The third-order valence-electron chi connectivity index (χ3n) is 4.06. The number of rotatable bonds is 4. The van der Waals surface area contributed by atoms with Crippen LogP contribution >= 0.6 is 0 Å². The van der Waals surface area contributed by atoms with E-state index in [1.165, 1.54) is 4.90 Å². The van der Waals surface area contributed by atoms with Crippen LogP contribution in [0.3, 0.4) is 0 Å². The van der Waals surface area contributed by atoms with Gasteiger partial charge in [0.05, 0.1) is 0 Å². The summed E-state index contributed by atoms with van der Waals surface area (Å²) in [5, 5.41) is 9.14. The Balaban J connectivity index is 2.70. The lowest BCUT2D eigenvalue weighted by Crippen LogP contribution is -2.53. The number of aliphatic carboxylic acids is 1. The van der Waals surface area contributed by atoms with E-state index in [1.54, 1.807) is 20.9 Å². The molecule has 0 bridgehead atoms. The van der Waals surface area contributed by atoms with E-state index >= 15 is 0 Å². The molecular weight excluding hydrogens is 234 g/mol. The molecule has 0 aromatic carbocycles. The molecule has 5 nitrogen and oxygen atoms in total. The molecule has 1 aliphatic rings. The number of amides is 1. The number of likely N-dealkylation sites (N-methyl/N-ethyl adjacent to an activating group) is 1. The van der Waals surface area contributed by atoms with Crippen LogP contribution in [0.15, 0.2) is 0 Å². The maximum Gasteiger partial charge on any atom is 0.329 e. The number of nitrogens with zero attached hydrogens (tertiary/aromatic N) is 1. The first-order valence-corrected chi connectivity index (χ1v) is 6.37. The van der Waals surface area contributed by atoms with Gasteiger partial charge in [-0.15, -0.1) is 0 Å². The average molecular weight is 257 g/mol. The smallest absolute Gasteiger partial charge is 0.329 e. The number of ether oxygens (including phenoxy) is 1. The summed E-state index contributed by atoms with van der Waals surface area (Å²) < 4.78 is 5.28. The summed E-state index contributed by atoms with van der Waals surface area (Å²) in [5.74, 6) is -0.956. The van der Waals surface area contributed by atoms with Gasteiger partial charge in [-0.05, 0) is 32.6 Å². The zero-order chi connectivity index (χ0) is 13.9. The molecule has 1 rings (SSSR count). The first kappa shape index (κ1) is 15.0. The third kappa shape index (κ3) is 3.02. The van der Waals surface area contributed by atoms with Crippen LogP contribution in [-0.2, 0) is 14.3 Å². The van der Waals surface area contributed by atoms with Gasteiger partial charge in [-0.3, -0.25) is 4.79 Å². The van der Waals surface area contributed by atoms with Crippen LogP contribution in [0.1, 0.15) is 33.6 Å². The van der Waals surface area contributed by atoms with Crippen LogP contribution in [0, 0.1) is 11.8 Å². The predicted octanol–water partition coefficient (Wildman–Crippen LogP) is 1.37. The van der Waals surface area contributed by atoms with Crippen LogP contribution in [0.4, 0.5) is 0 Å². The summed E-state index contributed by atoms with van der Waals surface area (Å²) in [5.41, 5.74) is -1.17. The summed E-state index contributed by atoms with van der Waals surface area (Å²) in [6, 6.07) is 0. The molecule has 0 aliphatic carbocycles. The average Bonchev–Trinajstić information content (AvgIpc) is 2.36. The molecule has 0 spiro atoms. The van der Waals surface area contributed by atoms with E-state index in [4.69, 9.17) is 9.84 Å². The molecular formula is C13H23NO4. The van der Waals surface area contributed by atoms with Crippen molar-refractivity contribution in [2.75, 3.05) is 20.3 Å². The van der Waals surface area contributed by atoms with E-state index < -0.39 is 11.5 Å². The number of carbonyl (C=O) groups excluding carboxylic acids is 1. The monoisotopic (exact) mass is 257 g/mol. The fraction of sp³-hybridized carbons (Fsp3) is 0.846. The van der Waals surface area contributed by atoms with E-state index in [9.17, 15) is 9.59 Å². The highest BCUT2D eigenvalue weighted by Crippen LogP contribution is 2.27. The van der Waals surface area contributed by atoms with E-state index in [1.807, 2.05) is 6.92 Å². The number of hydrogen-bond donors (Lipinski definition) is 1. The first-order valence-electron chi connectivity index (χ1n) is 6.37. The van der Waals surface area contributed by atoms with Crippen molar-refractivity contribution in [1.29, 1.82) is 0 Å². The molecule has 0 radical (unpaired) electrons. The molecule has 5 heteroatoms. The number of carboxylic acids is 1. The second-order valence-electron chi connectivity index (χ2n) is 5.50. The molecule has 1 N–H and O–H groups in total.